The summed E-state index contributed by atoms with van der Waals surface area (Å²) in [5.74, 6) is 1.47. The number of methoxy groups -OCH3 is 2. The second-order valence-corrected chi connectivity index (χ2v) is 16.9. The van der Waals surface area contributed by atoms with Crippen molar-refractivity contribution in [1.29, 1.82) is 10.5 Å². The second kappa shape index (κ2) is 19.9. The van der Waals surface area contributed by atoms with E-state index in [-0.39, 0.29) is 31.7 Å². The SMILES string of the molecule is COc1ccc(C(OC[C@H]2O[C@@H](n3c4ccccc4c4cc(C=CC#N)ccc43)CC2OP(OCCC#N)N(C(C)C)C(C)C)(c2ccccc2)c2ccc(OC)cc2)cc1. The average Bonchev–Trinajstić information content (AvgIpc) is 3.83. The van der Waals surface area contributed by atoms with Gasteiger partial charge in [-0.05, 0) is 98.5 Å². The van der Waals surface area contributed by atoms with Crippen molar-refractivity contribution in [2.45, 2.75) is 76.7 Å². The molecule has 4 atom stereocenters. The average molecular weight is 837 g/mol. The zero-order valence-corrected chi connectivity index (χ0v) is 36.5. The first-order chi connectivity index (χ1) is 29.7. The first kappa shape index (κ1) is 43.5. The van der Waals surface area contributed by atoms with Crippen LogP contribution < -0.4 is 9.47 Å². The molecular formula is C50H53N4O6P. The predicted molar refractivity (Wildman–Crippen MR) is 241 cm³/mol. The Morgan fingerprint density at radius 1 is 0.787 bits per heavy atom. The van der Waals surface area contributed by atoms with E-state index in [9.17, 15) is 10.5 Å². The number of benzene rings is 5. The van der Waals surface area contributed by atoms with Gasteiger partial charge in [-0.2, -0.15) is 10.5 Å². The molecule has 1 fully saturated rings. The highest BCUT2D eigenvalue weighted by Crippen LogP contribution is 2.51. The van der Waals surface area contributed by atoms with E-state index >= 15 is 0 Å². The highest BCUT2D eigenvalue weighted by molar-refractivity contribution is 7.44. The van der Waals surface area contributed by atoms with E-state index in [1.165, 1.54) is 6.08 Å². The molecule has 0 N–H and O–H groups in total. The van der Waals surface area contributed by atoms with Crippen LogP contribution in [0.3, 0.4) is 0 Å². The maximum absolute atomic E-state index is 9.47. The summed E-state index contributed by atoms with van der Waals surface area (Å²) in [6.07, 6.45) is 2.62. The first-order valence-corrected chi connectivity index (χ1v) is 21.8. The molecule has 10 nitrogen and oxygen atoms in total. The normalized spacial score (nSPS) is 17.4. The van der Waals surface area contributed by atoms with Crippen LogP contribution in [-0.2, 0) is 24.1 Å². The minimum Gasteiger partial charge on any atom is -0.497 e. The van der Waals surface area contributed by atoms with Crippen molar-refractivity contribution in [2.75, 3.05) is 27.4 Å². The number of para-hydroxylation sites is 1. The maximum Gasteiger partial charge on any atom is 0.259 e. The van der Waals surface area contributed by atoms with Crippen LogP contribution in [-0.4, -0.2) is 61.0 Å². The second-order valence-electron chi connectivity index (χ2n) is 15.5. The van der Waals surface area contributed by atoms with Gasteiger partial charge in [0.2, 0.25) is 0 Å². The van der Waals surface area contributed by atoms with Crippen molar-refractivity contribution in [1.82, 2.24) is 9.24 Å². The standard InChI is InChI=1S/C50H53N4O6P/c1-35(2)54(36(3)4)61(58-31-13-30-52)60-47-33-49(53-45-18-11-10-17-43(45)44-32-37(14-12-29-51)19-28-46(44)53)59-48(47)34-57-50(38-15-8-7-9-16-38,39-20-24-41(55-5)25-21-39)40-22-26-42(56-6)27-23-40/h7-12,14-28,32,35-36,47-49H,13,31,33-34H2,1-6H3/t47?,48-,49-,61?/m1/s1. The van der Waals surface area contributed by atoms with Gasteiger partial charge in [-0.25, -0.2) is 4.67 Å². The summed E-state index contributed by atoms with van der Waals surface area (Å²) in [6.45, 7) is 8.94. The predicted octanol–water partition coefficient (Wildman–Crippen LogP) is 11.3. The van der Waals surface area contributed by atoms with Gasteiger partial charge in [0.05, 0.1) is 63.1 Å². The van der Waals surface area contributed by atoms with E-state index < -0.39 is 32.6 Å². The summed E-state index contributed by atoms with van der Waals surface area (Å²) in [6, 6.07) is 45.4. The number of hydrogen-bond acceptors (Lipinski definition) is 9. The summed E-state index contributed by atoms with van der Waals surface area (Å²) in [7, 11) is 1.71. The first-order valence-electron chi connectivity index (χ1n) is 20.7. The monoisotopic (exact) mass is 836 g/mol. The number of aromatic nitrogens is 1. The van der Waals surface area contributed by atoms with Gasteiger partial charge in [-0.1, -0.05) is 78.9 Å². The van der Waals surface area contributed by atoms with Crippen LogP contribution in [0.1, 0.15) is 69.0 Å². The Hall–Kier alpha value is -5.55. The molecule has 61 heavy (non-hydrogen) atoms. The third-order valence-corrected chi connectivity index (χ3v) is 13.2. The molecule has 0 radical (unpaired) electrons. The zero-order chi connectivity index (χ0) is 42.9. The van der Waals surface area contributed by atoms with Crippen molar-refractivity contribution < 1.29 is 28.0 Å². The number of ether oxygens (including phenoxy) is 4. The molecule has 11 heteroatoms. The number of fused-ring (bicyclic) bond motifs is 3. The third kappa shape index (κ3) is 9.22. The number of nitrogens with zero attached hydrogens (tertiary/aromatic N) is 4. The topological polar surface area (TPSA) is 111 Å². The van der Waals surface area contributed by atoms with Crippen LogP contribution in [0.2, 0.25) is 0 Å². The highest BCUT2D eigenvalue weighted by atomic mass is 31.2. The van der Waals surface area contributed by atoms with Crippen molar-refractivity contribution in [3.8, 4) is 23.6 Å². The molecule has 1 aliphatic rings. The summed E-state index contributed by atoms with van der Waals surface area (Å²) >= 11 is 0. The molecule has 7 rings (SSSR count). The minimum absolute atomic E-state index is 0.110. The fourth-order valence-electron chi connectivity index (χ4n) is 8.38. The van der Waals surface area contributed by atoms with Gasteiger partial charge in [0.25, 0.3) is 8.53 Å². The van der Waals surface area contributed by atoms with Crippen molar-refractivity contribution >= 4 is 36.4 Å². The van der Waals surface area contributed by atoms with Gasteiger partial charge in [-0.15, -0.1) is 0 Å². The summed E-state index contributed by atoms with van der Waals surface area (Å²) in [5, 5.41) is 20.9. The number of hydrogen-bond donors (Lipinski definition) is 0. The molecule has 1 saturated heterocycles. The van der Waals surface area contributed by atoms with Gasteiger partial charge in [0.15, 0.2) is 0 Å². The molecule has 0 amide bonds. The lowest BCUT2D eigenvalue weighted by Crippen LogP contribution is -2.39. The van der Waals surface area contributed by atoms with Crippen molar-refractivity contribution in [3.63, 3.8) is 0 Å². The summed E-state index contributed by atoms with van der Waals surface area (Å²) < 4.78 is 44.0. The Balaban J connectivity index is 1.35. The Morgan fingerprint density at radius 2 is 1.39 bits per heavy atom. The van der Waals surface area contributed by atoms with Gasteiger partial charge < -0.3 is 32.6 Å². The Bertz CT molecular complexity index is 2440. The molecule has 2 unspecified atom stereocenters. The lowest BCUT2D eigenvalue weighted by molar-refractivity contribution is -0.0904. The highest BCUT2D eigenvalue weighted by Gasteiger charge is 2.45. The van der Waals surface area contributed by atoms with E-state index in [1.807, 2.05) is 91.0 Å². The molecule has 0 aliphatic carbocycles. The van der Waals surface area contributed by atoms with E-state index in [4.69, 9.17) is 28.0 Å². The molecule has 0 spiro atoms. The van der Waals surface area contributed by atoms with Crippen molar-refractivity contribution in [3.05, 3.63) is 150 Å². The molecule has 314 valence electrons. The van der Waals surface area contributed by atoms with E-state index in [0.29, 0.717) is 6.42 Å². The van der Waals surface area contributed by atoms with Crippen LogP contribution in [0.5, 0.6) is 11.5 Å². The van der Waals surface area contributed by atoms with Crippen LogP contribution in [0.4, 0.5) is 0 Å². The molecular weight excluding hydrogens is 784 g/mol. The van der Waals surface area contributed by atoms with Gasteiger partial charge in [-0.3, -0.25) is 0 Å². The molecule has 0 saturated carbocycles. The molecule has 2 heterocycles. The fraction of sp³-hybridized carbons (Fsp3) is 0.320. The van der Waals surface area contributed by atoms with Crippen molar-refractivity contribution in [2.24, 2.45) is 0 Å². The molecule has 6 aromatic rings. The largest absolute Gasteiger partial charge is 0.497 e. The molecule has 5 aromatic carbocycles. The van der Waals surface area contributed by atoms with E-state index in [2.05, 4.69) is 85.5 Å². The Kier molecular flexibility index (Phi) is 14.2. The molecule has 0 bridgehead atoms. The Labute approximate surface area is 360 Å². The van der Waals surface area contributed by atoms with Crippen LogP contribution >= 0.6 is 8.53 Å². The number of allylic oxidation sites excluding steroid dienone is 1. The fourth-order valence-corrected chi connectivity index (χ4v) is 10.1. The molecule has 1 aliphatic heterocycles. The summed E-state index contributed by atoms with van der Waals surface area (Å²) in [5.41, 5.74) is 4.65. The lowest BCUT2D eigenvalue weighted by Gasteiger charge is -2.39. The lowest BCUT2D eigenvalue weighted by atomic mass is 9.80. The van der Waals surface area contributed by atoms with Gasteiger partial charge in [0, 0.05) is 35.4 Å². The Morgan fingerprint density at radius 3 is 2.00 bits per heavy atom. The zero-order valence-electron chi connectivity index (χ0n) is 35.6. The van der Waals surface area contributed by atoms with Gasteiger partial charge >= 0.3 is 0 Å². The maximum atomic E-state index is 9.47. The molecule has 1 aromatic heterocycles. The third-order valence-electron chi connectivity index (χ3n) is 11.1. The van der Waals surface area contributed by atoms with E-state index in [0.717, 1.165) is 55.6 Å². The van der Waals surface area contributed by atoms with E-state index in [1.54, 1.807) is 14.2 Å². The number of rotatable bonds is 18. The van der Waals surface area contributed by atoms with Gasteiger partial charge in [0.1, 0.15) is 29.4 Å². The van der Waals surface area contributed by atoms with Crippen LogP contribution in [0.15, 0.2) is 127 Å². The smallest absolute Gasteiger partial charge is 0.259 e. The summed E-state index contributed by atoms with van der Waals surface area (Å²) in [4.78, 5) is 0. The minimum atomic E-state index is -1.61. The quantitative estimate of drug-likeness (QED) is 0.0361. The number of nitriles is 2. The van der Waals surface area contributed by atoms with Crippen LogP contribution in [0, 0.1) is 22.7 Å². The van der Waals surface area contributed by atoms with Crippen LogP contribution in [0.25, 0.3) is 27.9 Å².